The summed E-state index contributed by atoms with van der Waals surface area (Å²) < 4.78 is 5.28. The second-order valence-electron chi connectivity index (χ2n) is 5.34. The van der Waals surface area contributed by atoms with Gasteiger partial charge in [-0.05, 0) is 59.7 Å². The first-order valence-electron chi connectivity index (χ1n) is 7.48. The third-order valence-electron chi connectivity index (χ3n) is 3.63. The summed E-state index contributed by atoms with van der Waals surface area (Å²) in [5.41, 5.74) is 2.23. The lowest BCUT2D eigenvalue weighted by atomic mass is 10.1. The molecule has 0 aliphatic heterocycles. The Hall–Kier alpha value is -3.60. The Balaban J connectivity index is 1.71. The zero-order chi connectivity index (χ0) is 17.8. The number of hydrogen-bond donors (Lipinski definition) is 2. The number of carbonyl (C=O) groups excluding carboxylic acids is 1. The minimum atomic E-state index is -1.05. The van der Waals surface area contributed by atoms with Crippen LogP contribution in [0.4, 0.5) is 0 Å². The molecule has 0 saturated heterocycles. The number of hydrogen-bond acceptors (Lipinski definition) is 4. The van der Waals surface area contributed by atoms with Crippen molar-refractivity contribution in [3.63, 3.8) is 0 Å². The predicted octanol–water partition coefficient (Wildman–Crippen LogP) is 3.98. The first-order valence-corrected chi connectivity index (χ1v) is 7.48. The number of rotatable bonds is 4. The van der Waals surface area contributed by atoms with Crippen LogP contribution in [0.5, 0.6) is 11.5 Å². The van der Waals surface area contributed by atoms with E-state index in [0.29, 0.717) is 5.75 Å². The van der Waals surface area contributed by atoms with Crippen LogP contribution in [-0.4, -0.2) is 22.2 Å². The SMILES string of the molecule is O=C(O)c1ccc(C(=O)Oc2ccc(-c3ccc(O)cc3)cc2)cc1. The van der Waals surface area contributed by atoms with E-state index >= 15 is 0 Å². The number of phenols is 1. The van der Waals surface area contributed by atoms with Crippen LogP contribution in [-0.2, 0) is 0 Å². The Labute approximate surface area is 143 Å². The molecule has 0 unspecified atom stereocenters. The Morgan fingerprint density at radius 2 is 1.16 bits per heavy atom. The molecule has 0 fully saturated rings. The van der Waals surface area contributed by atoms with Crippen LogP contribution in [0.25, 0.3) is 11.1 Å². The van der Waals surface area contributed by atoms with Crippen molar-refractivity contribution in [3.8, 4) is 22.6 Å². The molecule has 0 aliphatic carbocycles. The number of aromatic carboxylic acids is 1. The van der Waals surface area contributed by atoms with Crippen LogP contribution < -0.4 is 4.74 Å². The average molecular weight is 334 g/mol. The van der Waals surface area contributed by atoms with E-state index < -0.39 is 11.9 Å². The molecule has 0 amide bonds. The molecule has 3 aromatic carbocycles. The van der Waals surface area contributed by atoms with Gasteiger partial charge in [0, 0.05) is 0 Å². The smallest absolute Gasteiger partial charge is 0.343 e. The van der Waals surface area contributed by atoms with Crippen LogP contribution in [0, 0.1) is 0 Å². The minimum absolute atomic E-state index is 0.106. The monoisotopic (exact) mass is 334 g/mol. The molecule has 5 heteroatoms. The zero-order valence-electron chi connectivity index (χ0n) is 13.0. The highest BCUT2D eigenvalue weighted by atomic mass is 16.5. The predicted molar refractivity (Wildman–Crippen MR) is 91.9 cm³/mol. The van der Waals surface area contributed by atoms with Gasteiger partial charge in [0.15, 0.2) is 0 Å². The highest BCUT2D eigenvalue weighted by Crippen LogP contribution is 2.24. The van der Waals surface area contributed by atoms with Crippen LogP contribution in [0.15, 0.2) is 72.8 Å². The second-order valence-corrected chi connectivity index (χ2v) is 5.34. The summed E-state index contributed by atoms with van der Waals surface area (Å²) in [6.45, 7) is 0. The largest absolute Gasteiger partial charge is 0.508 e. The number of carboxylic acid groups (broad SMARTS) is 1. The van der Waals surface area contributed by atoms with Gasteiger partial charge in [-0.2, -0.15) is 0 Å². The average Bonchev–Trinajstić information content (AvgIpc) is 2.63. The first-order chi connectivity index (χ1) is 12.0. The van der Waals surface area contributed by atoms with Crippen molar-refractivity contribution in [2.45, 2.75) is 0 Å². The third-order valence-corrected chi connectivity index (χ3v) is 3.63. The molecule has 5 nitrogen and oxygen atoms in total. The molecule has 3 rings (SSSR count). The van der Waals surface area contributed by atoms with Gasteiger partial charge < -0.3 is 14.9 Å². The molecular weight excluding hydrogens is 320 g/mol. The lowest BCUT2D eigenvalue weighted by Gasteiger charge is -2.06. The van der Waals surface area contributed by atoms with E-state index in [9.17, 15) is 14.7 Å². The summed E-state index contributed by atoms with van der Waals surface area (Å²) in [4.78, 5) is 22.9. The summed E-state index contributed by atoms with van der Waals surface area (Å²) in [6.07, 6.45) is 0. The number of carboxylic acids is 1. The van der Waals surface area contributed by atoms with E-state index in [4.69, 9.17) is 9.84 Å². The van der Waals surface area contributed by atoms with Gasteiger partial charge in [0.05, 0.1) is 11.1 Å². The molecule has 0 bridgehead atoms. The Morgan fingerprint density at radius 1 is 0.680 bits per heavy atom. The van der Waals surface area contributed by atoms with Crippen molar-refractivity contribution < 1.29 is 24.5 Å². The topological polar surface area (TPSA) is 83.8 Å². The highest BCUT2D eigenvalue weighted by molar-refractivity contribution is 5.93. The molecule has 0 radical (unpaired) electrons. The Morgan fingerprint density at radius 3 is 1.68 bits per heavy atom. The molecule has 0 heterocycles. The maximum absolute atomic E-state index is 12.1. The molecule has 0 aliphatic rings. The summed E-state index contributed by atoms with van der Waals surface area (Å²) in [7, 11) is 0. The second kappa shape index (κ2) is 6.88. The van der Waals surface area contributed by atoms with Gasteiger partial charge in [0.25, 0.3) is 0 Å². The number of phenolic OH excluding ortho intramolecular Hbond substituents is 1. The molecule has 0 aromatic heterocycles. The van der Waals surface area contributed by atoms with E-state index in [0.717, 1.165) is 11.1 Å². The summed E-state index contributed by atoms with van der Waals surface area (Å²) in [5, 5.41) is 18.2. The minimum Gasteiger partial charge on any atom is -0.508 e. The van der Waals surface area contributed by atoms with E-state index in [1.54, 1.807) is 36.4 Å². The van der Waals surface area contributed by atoms with E-state index in [-0.39, 0.29) is 16.9 Å². The Bertz CT molecular complexity index is 894. The third kappa shape index (κ3) is 3.84. The van der Waals surface area contributed by atoms with Crippen LogP contribution in [0.1, 0.15) is 20.7 Å². The van der Waals surface area contributed by atoms with Crippen LogP contribution in [0.2, 0.25) is 0 Å². The molecule has 25 heavy (non-hydrogen) atoms. The van der Waals surface area contributed by atoms with Gasteiger partial charge in [-0.1, -0.05) is 24.3 Å². The molecule has 0 saturated carbocycles. The van der Waals surface area contributed by atoms with E-state index in [2.05, 4.69) is 0 Å². The number of ether oxygens (including phenoxy) is 1. The highest BCUT2D eigenvalue weighted by Gasteiger charge is 2.10. The van der Waals surface area contributed by atoms with Crippen molar-refractivity contribution in [2.24, 2.45) is 0 Å². The van der Waals surface area contributed by atoms with Crippen molar-refractivity contribution in [3.05, 3.63) is 83.9 Å². The molecule has 3 aromatic rings. The molecule has 0 spiro atoms. The summed E-state index contributed by atoms with van der Waals surface area (Å²) in [6, 6.07) is 19.3. The molecule has 2 N–H and O–H groups in total. The lowest BCUT2D eigenvalue weighted by molar-refractivity contribution is 0.0691. The van der Waals surface area contributed by atoms with Crippen molar-refractivity contribution >= 4 is 11.9 Å². The fraction of sp³-hybridized carbons (Fsp3) is 0. The quantitative estimate of drug-likeness (QED) is 0.557. The van der Waals surface area contributed by atoms with Gasteiger partial charge in [-0.25, -0.2) is 9.59 Å². The van der Waals surface area contributed by atoms with E-state index in [1.807, 2.05) is 12.1 Å². The van der Waals surface area contributed by atoms with Crippen molar-refractivity contribution in [1.82, 2.24) is 0 Å². The number of aromatic hydroxyl groups is 1. The maximum atomic E-state index is 12.1. The number of esters is 1. The van der Waals surface area contributed by atoms with E-state index in [1.165, 1.54) is 24.3 Å². The fourth-order valence-electron chi connectivity index (χ4n) is 2.28. The van der Waals surface area contributed by atoms with Crippen LogP contribution >= 0.6 is 0 Å². The lowest BCUT2D eigenvalue weighted by Crippen LogP contribution is -2.09. The van der Waals surface area contributed by atoms with Gasteiger partial charge >= 0.3 is 11.9 Å². The number of carbonyl (C=O) groups is 2. The number of benzene rings is 3. The van der Waals surface area contributed by atoms with Gasteiger partial charge in [0.1, 0.15) is 11.5 Å². The van der Waals surface area contributed by atoms with Gasteiger partial charge in [-0.15, -0.1) is 0 Å². The normalized spacial score (nSPS) is 10.2. The first kappa shape index (κ1) is 16.3. The fourth-order valence-corrected chi connectivity index (χ4v) is 2.28. The van der Waals surface area contributed by atoms with Crippen molar-refractivity contribution in [1.29, 1.82) is 0 Å². The maximum Gasteiger partial charge on any atom is 0.343 e. The molecular formula is C20H14O5. The summed E-state index contributed by atoms with van der Waals surface area (Å²) >= 11 is 0. The van der Waals surface area contributed by atoms with Crippen LogP contribution in [0.3, 0.4) is 0 Å². The van der Waals surface area contributed by atoms with Gasteiger partial charge in [0.2, 0.25) is 0 Å². The Kier molecular flexibility index (Phi) is 4.48. The van der Waals surface area contributed by atoms with Gasteiger partial charge in [-0.3, -0.25) is 0 Å². The zero-order valence-corrected chi connectivity index (χ0v) is 13.0. The summed E-state index contributed by atoms with van der Waals surface area (Å²) in [5.74, 6) is -1.03. The van der Waals surface area contributed by atoms with Crippen molar-refractivity contribution in [2.75, 3.05) is 0 Å². The molecule has 0 atom stereocenters. The molecule has 124 valence electrons. The standard InChI is InChI=1S/C20H14O5/c21-17-9-5-13(6-10-17)14-7-11-18(12-8-14)25-20(24)16-3-1-15(2-4-16)19(22)23/h1-12,21H,(H,22,23).